The van der Waals surface area contributed by atoms with Gasteiger partial charge in [0.05, 0.1) is 6.04 Å². The van der Waals surface area contributed by atoms with Crippen molar-refractivity contribution in [2.45, 2.75) is 13.0 Å². The van der Waals surface area contributed by atoms with Crippen molar-refractivity contribution in [3.05, 3.63) is 0 Å². The average molecular weight is 114 g/mol. The van der Waals surface area contributed by atoms with Crippen LogP contribution in [0.4, 0.5) is 0 Å². The van der Waals surface area contributed by atoms with E-state index in [1.165, 1.54) is 0 Å². The van der Waals surface area contributed by atoms with Gasteiger partial charge in [-0.2, -0.15) is 0 Å². The fourth-order valence-corrected chi connectivity index (χ4v) is 0.635. The normalized spacial score (nSPS) is 28.5. The molecule has 0 radical (unpaired) electrons. The van der Waals surface area contributed by atoms with Gasteiger partial charge in [0.15, 0.2) is 0 Å². The molecule has 0 bridgehead atoms. The predicted octanol–water partition coefficient (Wildman–Crippen LogP) is -0.903. The maximum absolute atomic E-state index is 5.41. The molecule has 0 amide bonds. The Labute approximate surface area is 48.3 Å². The van der Waals surface area contributed by atoms with Gasteiger partial charge in [-0.3, -0.25) is 0 Å². The topological polar surface area (TPSA) is 53.6 Å². The number of rotatable bonds is 0. The fraction of sp³-hybridized carbons (Fsp3) is 0.750. The van der Waals surface area contributed by atoms with Crippen LogP contribution in [0.15, 0.2) is 5.10 Å². The van der Waals surface area contributed by atoms with Gasteiger partial charge in [0.25, 0.3) is 0 Å². The molecular formula is C4H10N4. The number of hydrogen-bond acceptors (Lipinski definition) is 4. The minimum absolute atomic E-state index is 0.194. The molecule has 0 saturated carbocycles. The van der Waals surface area contributed by atoms with Crippen LogP contribution in [0.3, 0.4) is 0 Å². The van der Waals surface area contributed by atoms with Crippen LogP contribution in [-0.2, 0) is 0 Å². The molecule has 1 rings (SSSR count). The lowest BCUT2D eigenvalue weighted by Crippen LogP contribution is -2.35. The third-order valence-corrected chi connectivity index (χ3v) is 1.09. The molecule has 4 nitrogen and oxygen atoms in total. The van der Waals surface area contributed by atoms with Crippen molar-refractivity contribution in [1.82, 2.24) is 10.5 Å². The van der Waals surface area contributed by atoms with Gasteiger partial charge in [-0.15, -0.1) is 5.10 Å². The molecule has 1 heterocycles. The highest BCUT2D eigenvalue weighted by Crippen LogP contribution is 1.93. The second kappa shape index (κ2) is 1.63. The van der Waals surface area contributed by atoms with Gasteiger partial charge in [-0.25, -0.2) is 10.5 Å². The van der Waals surface area contributed by atoms with Gasteiger partial charge in [0.2, 0.25) is 0 Å². The summed E-state index contributed by atoms with van der Waals surface area (Å²) >= 11 is 0. The van der Waals surface area contributed by atoms with Crippen LogP contribution in [0.5, 0.6) is 0 Å². The Hall–Kier alpha value is -0.770. The standard InChI is InChI=1S/C4H10N4/c1-3-4(5)7-8(2)6-3/h3,6H,1-2H3,(H2,5,7). The van der Waals surface area contributed by atoms with Crippen molar-refractivity contribution < 1.29 is 0 Å². The largest absolute Gasteiger partial charge is 0.384 e. The summed E-state index contributed by atoms with van der Waals surface area (Å²) in [7, 11) is 1.82. The first-order valence-corrected chi connectivity index (χ1v) is 2.54. The van der Waals surface area contributed by atoms with Gasteiger partial charge in [-0.05, 0) is 6.92 Å². The highest BCUT2D eigenvalue weighted by molar-refractivity contribution is 5.86. The van der Waals surface area contributed by atoms with E-state index in [1.54, 1.807) is 5.12 Å². The lowest BCUT2D eigenvalue weighted by molar-refractivity contribution is 0.267. The second-order valence-electron chi connectivity index (χ2n) is 1.90. The van der Waals surface area contributed by atoms with Crippen molar-refractivity contribution in [2.24, 2.45) is 10.8 Å². The molecule has 46 valence electrons. The predicted molar refractivity (Wildman–Crippen MR) is 32.0 cm³/mol. The minimum Gasteiger partial charge on any atom is -0.384 e. The Morgan fingerprint density at radius 2 is 2.50 bits per heavy atom. The number of hydrogen-bond donors (Lipinski definition) is 2. The smallest absolute Gasteiger partial charge is 0.140 e. The second-order valence-corrected chi connectivity index (χ2v) is 1.90. The van der Waals surface area contributed by atoms with E-state index in [0.717, 1.165) is 0 Å². The molecule has 0 saturated heterocycles. The molecule has 1 unspecified atom stereocenters. The highest BCUT2D eigenvalue weighted by Gasteiger charge is 2.14. The van der Waals surface area contributed by atoms with E-state index in [-0.39, 0.29) is 6.04 Å². The van der Waals surface area contributed by atoms with Crippen LogP contribution in [-0.4, -0.2) is 24.0 Å². The van der Waals surface area contributed by atoms with Crippen molar-refractivity contribution in [3.8, 4) is 0 Å². The monoisotopic (exact) mass is 114 g/mol. The molecule has 4 heteroatoms. The van der Waals surface area contributed by atoms with E-state index in [1.807, 2.05) is 14.0 Å². The van der Waals surface area contributed by atoms with Crippen molar-refractivity contribution >= 4 is 5.84 Å². The molecule has 0 aromatic heterocycles. The number of hydrazine groups is 1. The molecule has 1 aliphatic heterocycles. The van der Waals surface area contributed by atoms with E-state index < -0.39 is 0 Å². The number of hydrazone groups is 1. The molecule has 8 heavy (non-hydrogen) atoms. The Morgan fingerprint density at radius 1 is 1.88 bits per heavy atom. The van der Waals surface area contributed by atoms with Crippen LogP contribution in [0.1, 0.15) is 6.92 Å². The minimum atomic E-state index is 0.194. The lowest BCUT2D eigenvalue weighted by Gasteiger charge is -2.06. The zero-order chi connectivity index (χ0) is 6.15. The highest BCUT2D eigenvalue weighted by atomic mass is 15.7. The summed E-state index contributed by atoms with van der Waals surface area (Å²) in [5, 5.41) is 5.50. The average Bonchev–Trinajstić information content (AvgIpc) is 1.85. The van der Waals surface area contributed by atoms with E-state index in [0.29, 0.717) is 5.84 Å². The molecule has 3 N–H and O–H groups in total. The van der Waals surface area contributed by atoms with E-state index in [4.69, 9.17) is 5.73 Å². The van der Waals surface area contributed by atoms with Crippen LogP contribution in [0.2, 0.25) is 0 Å². The summed E-state index contributed by atoms with van der Waals surface area (Å²) in [5.41, 5.74) is 8.39. The summed E-state index contributed by atoms with van der Waals surface area (Å²) < 4.78 is 0. The zero-order valence-electron chi connectivity index (χ0n) is 5.05. The molecule has 0 fully saturated rings. The van der Waals surface area contributed by atoms with Gasteiger partial charge >= 0.3 is 0 Å². The molecular weight excluding hydrogens is 104 g/mol. The molecule has 0 spiro atoms. The first kappa shape index (κ1) is 5.37. The maximum atomic E-state index is 5.41. The van der Waals surface area contributed by atoms with Crippen molar-refractivity contribution in [1.29, 1.82) is 0 Å². The Morgan fingerprint density at radius 3 is 2.62 bits per heavy atom. The quantitative estimate of drug-likeness (QED) is 0.429. The third kappa shape index (κ3) is 0.742. The number of nitrogens with two attached hydrogens (primary N) is 1. The maximum Gasteiger partial charge on any atom is 0.140 e. The Bertz CT molecular complexity index is 119. The third-order valence-electron chi connectivity index (χ3n) is 1.09. The lowest BCUT2D eigenvalue weighted by atomic mass is 10.3. The molecule has 0 aliphatic carbocycles. The first-order chi connectivity index (χ1) is 3.70. The van der Waals surface area contributed by atoms with Crippen LogP contribution >= 0.6 is 0 Å². The number of nitrogens with one attached hydrogen (secondary N) is 1. The van der Waals surface area contributed by atoms with Gasteiger partial charge in [0.1, 0.15) is 5.84 Å². The molecule has 0 aromatic rings. The van der Waals surface area contributed by atoms with Crippen molar-refractivity contribution in [2.75, 3.05) is 7.05 Å². The van der Waals surface area contributed by atoms with E-state index in [9.17, 15) is 0 Å². The number of nitrogens with zero attached hydrogens (tertiary/aromatic N) is 2. The van der Waals surface area contributed by atoms with Gasteiger partial charge in [-0.1, -0.05) is 0 Å². The Balaban J connectivity index is 2.59. The number of amidine groups is 1. The first-order valence-electron chi connectivity index (χ1n) is 2.54. The summed E-state index contributed by atoms with van der Waals surface area (Å²) in [4.78, 5) is 0. The molecule has 0 aromatic carbocycles. The summed E-state index contributed by atoms with van der Waals surface area (Å²) in [6, 6.07) is 0.194. The summed E-state index contributed by atoms with van der Waals surface area (Å²) in [5.74, 6) is 0.646. The van der Waals surface area contributed by atoms with Crippen LogP contribution in [0.25, 0.3) is 0 Å². The van der Waals surface area contributed by atoms with E-state index >= 15 is 0 Å². The van der Waals surface area contributed by atoms with Crippen LogP contribution in [0, 0.1) is 0 Å². The summed E-state index contributed by atoms with van der Waals surface area (Å²) in [6.45, 7) is 1.96. The van der Waals surface area contributed by atoms with Crippen molar-refractivity contribution in [3.63, 3.8) is 0 Å². The molecule has 1 aliphatic rings. The van der Waals surface area contributed by atoms with E-state index in [2.05, 4.69) is 10.5 Å². The van der Waals surface area contributed by atoms with Gasteiger partial charge < -0.3 is 5.73 Å². The van der Waals surface area contributed by atoms with Crippen LogP contribution < -0.4 is 11.2 Å². The Kier molecular flexibility index (Phi) is 1.09. The fourth-order valence-electron chi connectivity index (χ4n) is 0.635. The zero-order valence-corrected chi connectivity index (χ0v) is 5.05. The molecule has 1 atom stereocenters. The van der Waals surface area contributed by atoms with Gasteiger partial charge in [0, 0.05) is 7.05 Å². The SMILES string of the molecule is CC1NN(C)N=C1N. The summed E-state index contributed by atoms with van der Waals surface area (Å²) in [6.07, 6.45) is 0.